The highest BCUT2D eigenvalue weighted by molar-refractivity contribution is 7.80. The first-order valence-electron chi connectivity index (χ1n) is 7.48. The average Bonchev–Trinajstić information content (AvgIpc) is 3.10. The molecule has 3 unspecified atom stereocenters. The summed E-state index contributed by atoms with van der Waals surface area (Å²) in [7, 11) is 2.04. The Morgan fingerprint density at radius 3 is 2.75 bits per heavy atom. The van der Waals surface area contributed by atoms with E-state index in [2.05, 4.69) is 15.4 Å². The van der Waals surface area contributed by atoms with Gasteiger partial charge in [0.05, 0.1) is 12.2 Å². The monoisotopic (exact) mass is 293 g/mol. The number of hydrogen-bond donors (Lipinski definition) is 1. The predicted molar refractivity (Wildman–Crippen MR) is 82.4 cm³/mol. The summed E-state index contributed by atoms with van der Waals surface area (Å²) >= 11 is 5.55. The van der Waals surface area contributed by atoms with E-state index in [0.29, 0.717) is 6.04 Å². The summed E-state index contributed by atoms with van der Waals surface area (Å²) in [5, 5.41) is 8.41. The van der Waals surface area contributed by atoms with Crippen molar-refractivity contribution in [1.82, 2.24) is 15.4 Å². The van der Waals surface area contributed by atoms with Crippen molar-refractivity contribution >= 4 is 17.3 Å². The maximum Gasteiger partial charge on any atom is 0.169 e. The molecular formula is C15H23N3OS. The van der Waals surface area contributed by atoms with E-state index in [1.807, 2.05) is 20.9 Å². The molecule has 1 aromatic heterocycles. The van der Waals surface area contributed by atoms with Gasteiger partial charge >= 0.3 is 0 Å². The Morgan fingerprint density at radius 2 is 2.20 bits per heavy atom. The molecule has 110 valence electrons. The average molecular weight is 293 g/mol. The van der Waals surface area contributed by atoms with Crippen LogP contribution in [-0.4, -0.2) is 28.3 Å². The lowest BCUT2D eigenvalue weighted by Crippen LogP contribution is -2.44. The lowest BCUT2D eigenvalue weighted by atomic mass is 9.95. The SMILES string of the molecule is Cc1noc(C)c1CN(C)C(=S)NC1CC2CCC1C2. The van der Waals surface area contributed by atoms with E-state index in [1.54, 1.807) is 0 Å². The maximum absolute atomic E-state index is 5.55. The predicted octanol–water partition coefficient (Wildman–Crippen LogP) is 2.79. The Balaban J connectivity index is 1.57. The van der Waals surface area contributed by atoms with Gasteiger partial charge in [-0.3, -0.25) is 0 Å². The van der Waals surface area contributed by atoms with Crippen LogP contribution < -0.4 is 5.32 Å². The normalized spacial score (nSPS) is 27.9. The molecule has 0 aliphatic heterocycles. The molecule has 1 heterocycles. The molecular weight excluding hydrogens is 270 g/mol. The highest BCUT2D eigenvalue weighted by Gasteiger charge is 2.39. The molecule has 0 aromatic carbocycles. The van der Waals surface area contributed by atoms with Crippen LogP contribution in [0.25, 0.3) is 0 Å². The van der Waals surface area contributed by atoms with E-state index < -0.39 is 0 Å². The first-order chi connectivity index (χ1) is 9.54. The zero-order valence-corrected chi connectivity index (χ0v) is 13.3. The number of nitrogens with one attached hydrogen (secondary N) is 1. The van der Waals surface area contributed by atoms with Crippen LogP contribution in [0.2, 0.25) is 0 Å². The number of aryl methyl sites for hydroxylation is 2. The number of nitrogens with zero attached hydrogens (tertiary/aromatic N) is 2. The summed E-state index contributed by atoms with van der Waals surface area (Å²) in [6.45, 7) is 4.69. The Labute approximate surface area is 125 Å². The summed E-state index contributed by atoms with van der Waals surface area (Å²) in [4.78, 5) is 2.09. The smallest absolute Gasteiger partial charge is 0.169 e. The van der Waals surface area contributed by atoms with Crippen LogP contribution in [0.4, 0.5) is 0 Å². The van der Waals surface area contributed by atoms with Gasteiger partial charge in [0.25, 0.3) is 0 Å². The summed E-state index contributed by atoms with van der Waals surface area (Å²) in [6.07, 6.45) is 5.49. The quantitative estimate of drug-likeness (QED) is 0.868. The maximum atomic E-state index is 5.55. The molecule has 0 amide bonds. The number of rotatable bonds is 3. The van der Waals surface area contributed by atoms with Crippen LogP contribution in [-0.2, 0) is 6.54 Å². The summed E-state index contributed by atoms with van der Waals surface area (Å²) < 4.78 is 5.21. The van der Waals surface area contributed by atoms with Crippen LogP contribution >= 0.6 is 12.2 Å². The number of thiocarbonyl (C=S) groups is 1. The first kappa shape index (κ1) is 13.9. The van der Waals surface area contributed by atoms with Gasteiger partial charge in [0.15, 0.2) is 5.11 Å². The molecule has 1 N–H and O–H groups in total. The molecule has 2 bridgehead atoms. The van der Waals surface area contributed by atoms with Crippen LogP contribution in [0.5, 0.6) is 0 Å². The van der Waals surface area contributed by atoms with Crippen LogP contribution in [0.3, 0.4) is 0 Å². The van der Waals surface area contributed by atoms with E-state index >= 15 is 0 Å². The molecule has 2 fully saturated rings. The Bertz CT molecular complexity index is 494. The second kappa shape index (κ2) is 5.35. The lowest BCUT2D eigenvalue weighted by molar-refractivity contribution is 0.371. The van der Waals surface area contributed by atoms with Crippen LogP contribution in [0.1, 0.15) is 42.7 Å². The van der Waals surface area contributed by atoms with Gasteiger partial charge < -0.3 is 14.7 Å². The molecule has 2 aliphatic rings. The third-order valence-electron chi connectivity index (χ3n) is 4.97. The minimum atomic E-state index is 0.591. The molecule has 2 saturated carbocycles. The van der Waals surface area contributed by atoms with Crippen molar-refractivity contribution in [3.05, 3.63) is 17.0 Å². The molecule has 1 aromatic rings. The van der Waals surface area contributed by atoms with Crippen LogP contribution in [0.15, 0.2) is 4.52 Å². The minimum absolute atomic E-state index is 0.591. The minimum Gasteiger partial charge on any atom is -0.361 e. The van der Waals surface area contributed by atoms with Crippen molar-refractivity contribution in [2.75, 3.05) is 7.05 Å². The second-order valence-electron chi connectivity index (χ2n) is 6.39. The highest BCUT2D eigenvalue weighted by Crippen LogP contribution is 2.44. The third-order valence-corrected chi connectivity index (χ3v) is 5.40. The second-order valence-corrected chi connectivity index (χ2v) is 6.78. The summed E-state index contributed by atoms with van der Waals surface area (Å²) in [6, 6.07) is 0.591. The van der Waals surface area contributed by atoms with E-state index in [-0.39, 0.29) is 0 Å². The summed E-state index contributed by atoms with van der Waals surface area (Å²) in [5.41, 5.74) is 2.10. The van der Waals surface area contributed by atoms with Crippen molar-refractivity contribution in [3.8, 4) is 0 Å². The van der Waals surface area contributed by atoms with Crippen LogP contribution in [0, 0.1) is 25.7 Å². The van der Waals surface area contributed by atoms with E-state index in [0.717, 1.165) is 40.5 Å². The van der Waals surface area contributed by atoms with Gasteiger partial charge in [-0.25, -0.2) is 0 Å². The van der Waals surface area contributed by atoms with Crippen molar-refractivity contribution in [1.29, 1.82) is 0 Å². The van der Waals surface area contributed by atoms with Gasteiger partial charge in [0, 0.05) is 18.7 Å². The first-order valence-corrected chi connectivity index (χ1v) is 7.88. The topological polar surface area (TPSA) is 41.3 Å². The van der Waals surface area contributed by atoms with Gasteiger partial charge in [-0.05, 0) is 57.2 Å². The fourth-order valence-corrected chi connectivity index (χ4v) is 3.94. The van der Waals surface area contributed by atoms with Gasteiger partial charge in [-0.2, -0.15) is 0 Å². The highest BCUT2D eigenvalue weighted by atomic mass is 32.1. The van der Waals surface area contributed by atoms with Crippen molar-refractivity contribution in [2.24, 2.45) is 11.8 Å². The molecule has 2 aliphatic carbocycles. The molecule has 0 saturated heterocycles. The fraction of sp³-hybridized carbons (Fsp3) is 0.733. The molecule has 20 heavy (non-hydrogen) atoms. The molecule has 3 atom stereocenters. The summed E-state index contributed by atoms with van der Waals surface area (Å²) in [5.74, 6) is 2.66. The molecule has 3 rings (SSSR count). The van der Waals surface area contributed by atoms with Gasteiger partial charge in [-0.15, -0.1) is 0 Å². The zero-order chi connectivity index (χ0) is 14.3. The zero-order valence-electron chi connectivity index (χ0n) is 12.5. The number of aromatic nitrogens is 1. The molecule has 0 radical (unpaired) electrons. The third kappa shape index (κ3) is 2.55. The van der Waals surface area contributed by atoms with Crippen molar-refractivity contribution < 1.29 is 4.52 Å². The Morgan fingerprint density at radius 1 is 1.40 bits per heavy atom. The van der Waals surface area contributed by atoms with Gasteiger partial charge in [0.2, 0.25) is 0 Å². The Hall–Kier alpha value is -1.10. The standard InChI is InChI=1S/C15H23N3OS/c1-9-13(10(2)19-17-9)8-18(3)15(20)16-14-7-11-4-5-12(14)6-11/h11-12,14H,4-8H2,1-3H3,(H,16,20). The van der Waals surface area contributed by atoms with Crippen molar-refractivity contribution in [2.45, 2.75) is 52.1 Å². The van der Waals surface area contributed by atoms with E-state index in [1.165, 1.54) is 25.7 Å². The van der Waals surface area contributed by atoms with E-state index in [4.69, 9.17) is 16.7 Å². The lowest BCUT2D eigenvalue weighted by Gasteiger charge is -2.28. The molecule has 4 nitrogen and oxygen atoms in total. The van der Waals surface area contributed by atoms with Gasteiger partial charge in [-0.1, -0.05) is 11.6 Å². The van der Waals surface area contributed by atoms with Crippen molar-refractivity contribution in [3.63, 3.8) is 0 Å². The number of fused-ring (bicyclic) bond motifs is 2. The Kier molecular flexibility index (Phi) is 3.71. The molecule has 5 heteroatoms. The molecule has 0 spiro atoms. The fourth-order valence-electron chi connectivity index (χ4n) is 3.73. The van der Waals surface area contributed by atoms with Gasteiger partial charge in [0.1, 0.15) is 5.76 Å². The van der Waals surface area contributed by atoms with E-state index in [9.17, 15) is 0 Å². The number of hydrogen-bond acceptors (Lipinski definition) is 3. The largest absolute Gasteiger partial charge is 0.361 e.